The Bertz CT molecular complexity index is 1160. The Kier molecular flexibility index (Phi) is 5.31. The summed E-state index contributed by atoms with van der Waals surface area (Å²) in [7, 11) is 0. The first kappa shape index (κ1) is 19.1. The number of rotatable bonds is 7. The highest BCUT2D eigenvalue weighted by molar-refractivity contribution is 7.13. The number of aromatic carboxylic acids is 1. The lowest BCUT2D eigenvalue weighted by molar-refractivity contribution is 0.0696. The molecule has 29 heavy (non-hydrogen) atoms. The van der Waals surface area contributed by atoms with Gasteiger partial charge in [0, 0.05) is 12.0 Å². The van der Waals surface area contributed by atoms with E-state index in [2.05, 4.69) is 15.9 Å². The largest absolute Gasteiger partial charge is 0.489 e. The summed E-state index contributed by atoms with van der Waals surface area (Å²) in [5.74, 6) is 0.574. The highest BCUT2D eigenvalue weighted by atomic mass is 32.1. The third kappa shape index (κ3) is 3.86. The third-order valence-corrected chi connectivity index (χ3v) is 5.76. The van der Waals surface area contributed by atoms with Gasteiger partial charge in [-0.2, -0.15) is 4.37 Å². The van der Waals surface area contributed by atoms with Gasteiger partial charge < -0.3 is 14.4 Å². The predicted molar refractivity (Wildman–Crippen MR) is 113 cm³/mol. The van der Waals surface area contributed by atoms with Crippen molar-refractivity contribution in [2.45, 2.75) is 33.4 Å². The van der Waals surface area contributed by atoms with Crippen molar-refractivity contribution in [3.63, 3.8) is 0 Å². The van der Waals surface area contributed by atoms with Gasteiger partial charge in [0.25, 0.3) is 0 Å². The van der Waals surface area contributed by atoms with Gasteiger partial charge in [0.1, 0.15) is 28.5 Å². The Morgan fingerprint density at radius 3 is 2.72 bits per heavy atom. The van der Waals surface area contributed by atoms with E-state index in [9.17, 15) is 9.90 Å². The van der Waals surface area contributed by atoms with Gasteiger partial charge in [0.05, 0.1) is 17.8 Å². The van der Waals surface area contributed by atoms with Crippen molar-refractivity contribution in [1.82, 2.24) is 13.9 Å². The summed E-state index contributed by atoms with van der Waals surface area (Å²) in [6, 6.07) is 14.9. The number of nitrogens with zero attached hydrogens (tertiary/aromatic N) is 3. The molecule has 0 fully saturated rings. The normalized spacial score (nSPS) is 11.1. The lowest BCUT2D eigenvalue weighted by Gasteiger charge is -2.14. The Morgan fingerprint density at radius 2 is 2.00 bits per heavy atom. The van der Waals surface area contributed by atoms with Crippen molar-refractivity contribution in [1.29, 1.82) is 0 Å². The molecule has 1 N–H and O–H groups in total. The number of carbonyl (C=O) groups is 1. The first-order chi connectivity index (χ1) is 14.1. The zero-order valence-electron chi connectivity index (χ0n) is 16.3. The van der Waals surface area contributed by atoms with Gasteiger partial charge in [0.2, 0.25) is 0 Å². The molecule has 0 bridgehead atoms. The molecule has 0 unspecified atom stereocenters. The fourth-order valence-corrected chi connectivity index (χ4v) is 4.11. The third-order valence-electron chi connectivity index (χ3n) is 4.81. The fourth-order valence-electron chi connectivity index (χ4n) is 3.26. The predicted octanol–water partition coefficient (Wildman–Crippen LogP) is 4.69. The number of benzene rings is 2. The monoisotopic (exact) mass is 407 g/mol. The molecule has 0 saturated heterocycles. The molecule has 0 aliphatic rings. The molecule has 0 saturated carbocycles. The minimum absolute atomic E-state index is 0.205. The Labute approximate surface area is 172 Å². The second-order valence-corrected chi connectivity index (χ2v) is 7.54. The molecule has 0 aliphatic carbocycles. The van der Waals surface area contributed by atoms with Gasteiger partial charge >= 0.3 is 5.97 Å². The molecule has 4 aromatic rings. The van der Waals surface area contributed by atoms with Crippen LogP contribution < -0.4 is 4.74 Å². The smallest absolute Gasteiger partial charge is 0.335 e. The molecule has 0 spiro atoms. The summed E-state index contributed by atoms with van der Waals surface area (Å²) in [5.41, 5.74) is 4.00. The molecule has 148 valence electrons. The number of fused-ring (bicyclic) bond motifs is 1. The van der Waals surface area contributed by atoms with Gasteiger partial charge in [-0.25, -0.2) is 9.78 Å². The van der Waals surface area contributed by atoms with Gasteiger partial charge in [0.15, 0.2) is 0 Å². The number of hydrogen-bond donors (Lipinski definition) is 1. The number of aryl methyl sites for hydroxylation is 2. The van der Waals surface area contributed by atoms with E-state index in [-0.39, 0.29) is 5.56 Å². The van der Waals surface area contributed by atoms with Crippen molar-refractivity contribution in [3.8, 4) is 5.75 Å². The van der Waals surface area contributed by atoms with Crippen LogP contribution in [0.4, 0.5) is 0 Å². The number of carboxylic acids is 1. The Balaban J connectivity index is 1.70. The van der Waals surface area contributed by atoms with Crippen LogP contribution in [0.5, 0.6) is 5.75 Å². The minimum Gasteiger partial charge on any atom is -0.489 e. The van der Waals surface area contributed by atoms with E-state index in [1.165, 1.54) is 11.5 Å². The highest BCUT2D eigenvalue weighted by Crippen LogP contribution is 2.28. The maximum Gasteiger partial charge on any atom is 0.335 e. The summed E-state index contributed by atoms with van der Waals surface area (Å²) >= 11 is 1.44. The first-order valence-electron chi connectivity index (χ1n) is 9.41. The summed E-state index contributed by atoms with van der Waals surface area (Å²) in [4.78, 5) is 17.2. The van der Waals surface area contributed by atoms with Crippen LogP contribution in [0, 0.1) is 6.92 Å². The average molecular weight is 407 g/mol. The molecule has 0 atom stereocenters. The van der Waals surface area contributed by atoms with Crippen LogP contribution in [0.25, 0.3) is 10.3 Å². The van der Waals surface area contributed by atoms with Crippen molar-refractivity contribution < 1.29 is 14.6 Å². The van der Waals surface area contributed by atoms with Crippen LogP contribution in [-0.4, -0.2) is 25.0 Å². The molecule has 4 rings (SSSR count). The standard InChI is InChI=1S/C22H21N3O3S/c1-3-19-23-20-14(2)24-29-21(20)25(19)12-17-10-9-16(22(26)27)11-18(17)28-13-15-7-5-4-6-8-15/h4-11H,3,12-13H2,1-2H3,(H,26,27). The zero-order chi connectivity index (χ0) is 20.4. The van der Waals surface area contributed by atoms with E-state index in [1.54, 1.807) is 12.1 Å². The molecule has 0 aliphatic heterocycles. The van der Waals surface area contributed by atoms with Gasteiger partial charge in [-0.05, 0) is 36.2 Å². The fraction of sp³-hybridized carbons (Fsp3) is 0.227. The number of aromatic nitrogens is 3. The SMILES string of the molecule is CCc1nc2c(C)nsc2n1Cc1ccc(C(=O)O)cc1OCc1ccccc1. The second-order valence-electron chi connectivity index (χ2n) is 6.79. The van der Waals surface area contributed by atoms with Crippen molar-refractivity contribution in [2.24, 2.45) is 0 Å². The molecular formula is C22H21N3O3S. The van der Waals surface area contributed by atoms with Crippen molar-refractivity contribution in [3.05, 3.63) is 76.7 Å². The molecule has 7 heteroatoms. The van der Waals surface area contributed by atoms with Crippen molar-refractivity contribution >= 4 is 27.8 Å². The minimum atomic E-state index is -0.974. The molecule has 2 heterocycles. The van der Waals surface area contributed by atoms with Crippen LogP contribution in [0.3, 0.4) is 0 Å². The van der Waals surface area contributed by atoms with Crippen molar-refractivity contribution in [2.75, 3.05) is 0 Å². The number of imidazole rings is 1. The van der Waals surface area contributed by atoms with E-state index < -0.39 is 5.97 Å². The van der Waals surface area contributed by atoms with Crippen LogP contribution in [0.15, 0.2) is 48.5 Å². The van der Waals surface area contributed by atoms with Crippen LogP contribution in [0.1, 0.15) is 39.9 Å². The van der Waals surface area contributed by atoms with E-state index in [4.69, 9.17) is 9.72 Å². The zero-order valence-corrected chi connectivity index (χ0v) is 17.1. The van der Waals surface area contributed by atoms with Gasteiger partial charge in [-0.1, -0.05) is 43.3 Å². The van der Waals surface area contributed by atoms with E-state index in [1.807, 2.05) is 43.3 Å². The average Bonchev–Trinajstić information content (AvgIpc) is 3.27. The van der Waals surface area contributed by atoms with Gasteiger partial charge in [-0.3, -0.25) is 0 Å². The number of hydrogen-bond acceptors (Lipinski definition) is 5. The Hall–Kier alpha value is -3.19. The lowest BCUT2D eigenvalue weighted by Crippen LogP contribution is -2.08. The Morgan fingerprint density at radius 1 is 1.21 bits per heavy atom. The topological polar surface area (TPSA) is 77.2 Å². The highest BCUT2D eigenvalue weighted by Gasteiger charge is 2.17. The maximum absolute atomic E-state index is 11.5. The molecule has 0 amide bonds. The van der Waals surface area contributed by atoms with E-state index in [0.29, 0.717) is 18.9 Å². The maximum atomic E-state index is 11.5. The molecule has 2 aromatic carbocycles. The number of carboxylic acid groups (broad SMARTS) is 1. The summed E-state index contributed by atoms with van der Waals surface area (Å²) < 4.78 is 12.6. The first-order valence-corrected chi connectivity index (χ1v) is 10.2. The summed E-state index contributed by atoms with van der Waals surface area (Å²) in [5, 5.41) is 9.39. The van der Waals surface area contributed by atoms with Crippen LogP contribution in [-0.2, 0) is 19.6 Å². The van der Waals surface area contributed by atoms with Crippen LogP contribution >= 0.6 is 11.5 Å². The quantitative estimate of drug-likeness (QED) is 0.481. The molecular weight excluding hydrogens is 386 g/mol. The number of ether oxygens (including phenoxy) is 1. The molecule has 0 radical (unpaired) electrons. The van der Waals surface area contributed by atoms with E-state index in [0.717, 1.165) is 39.4 Å². The lowest BCUT2D eigenvalue weighted by atomic mass is 10.1. The van der Waals surface area contributed by atoms with Gasteiger partial charge in [-0.15, -0.1) is 0 Å². The summed E-state index contributed by atoms with van der Waals surface area (Å²) in [6.07, 6.45) is 0.800. The summed E-state index contributed by atoms with van der Waals surface area (Å²) in [6.45, 7) is 4.96. The van der Waals surface area contributed by atoms with Crippen LogP contribution in [0.2, 0.25) is 0 Å². The molecule has 6 nitrogen and oxygen atoms in total. The molecule has 2 aromatic heterocycles. The van der Waals surface area contributed by atoms with E-state index >= 15 is 0 Å². The second kappa shape index (κ2) is 8.05.